The number of hydrogen-bond donors (Lipinski definition) is 1. The second kappa shape index (κ2) is 7.97. The Kier molecular flexibility index (Phi) is 5.81. The van der Waals surface area contributed by atoms with Crippen LogP contribution in [0.5, 0.6) is 0 Å². The zero-order valence-electron chi connectivity index (χ0n) is 16.5. The Hall–Kier alpha value is -2.32. The van der Waals surface area contributed by atoms with E-state index in [1.807, 2.05) is 32.1 Å². The van der Waals surface area contributed by atoms with E-state index in [2.05, 4.69) is 5.10 Å². The number of benzene rings is 1. The average Bonchev–Trinajstić information content (AvgIpc) is 2.93. The molecule has 1 N–H and O–H groups in total. The lowest BCUT2D eigenvalue weighted by Crippen LogP contribution is -2.57. The van der Waals surface area contributed by atoms with Gasteiger partial charge in [0.25, 0.3) is 5.91 Å². The number of carbonyl (C=O) groups is 1. The maximum atomic E-state index is 14.0. The van der Waals surface area contributed by atoms with Crippen LogP contribution in [0.3, 0.4) is 0 Å². The SMILES string of the molecule is Cc1nn(C)cc1CN(C)C[C@@]1(O)CCCN(Cc2cccc(F)c2F)C1=O. The highest BCUT2D eigenvalue weighted by Crippen LogP contribution is 2.26. The van der Waals surface area contributed by atoms with Gasteiger partial charge in [-0.1, -0.05) is 12.1 Å². The highest BCUT2D eigenvalue weighted by Gasteiger charge is 2.43. The second-order valence-electron chi connectivity index (χ2n) is 7.66. The molecule has 0 saturated carbocycles. The third-order valence-electron chi connectivity index (χ3n) is 5.18. The number of aryl methyl sites for hydroxylation is 2. The molecule has 2 heterocycles. The largest absolute Gasteiger partial charge is 0.379 e. The van der Waals surface area contributed by atoms with Gasteiger partial charge in [0.2, 0.25) is 0 Å². The van der Waals surface area contributed by atoms with Crippen LogP contribution in [0.2, 0.25) is 0 Å². The van der Waals surface area contributed by atoms with Crippen molar-refractivity contribution in [2.45, 2.75) is 38.5 Å². The Bertz CT molecular complexity index is 870. The third-order valence-corrected chi connectivity index (χ3v) is 5.18. The minimum absolute atomic E-state index is 0.0594. The van der Waals surface area contributed by atoms with Crippen molar-refractivity contribution in [3.63, 3.8) is 0 Å². The maximum Gasteiger partial charge on any atom is 0.256 e. The van der Waals surface area contributed by atoms with Gasteiger partial charge in [-0.3, -0.25) is 14.4 Å². The first-order chi connectivity index (χ1) is 13.2. The van der Waals surface area contributed by atoms with Gasteiger partial charge in [-0.25, -0.2) is 8.78 Å². The van der Waals surface area contributed by atoms with E-state index in [0.717, 1.165) is 17.3 Å². The predicted octanol–water partition coefficient (Wildman–Crippen LogP) is 1.99. The van der Waals surface area contributed by atoms with Gasteiger partial charge in [0.1, 0.15) is 0 Å². The molecule has 6 nitrogen and oxygen atoms in total. The molecule has 1 atom stereocenters. The molecule has 1 fully saturated rings. The van der Waals surface area contributed by atoms with Gasteiger partial charge in [0.15, 0.2) is 17.2 Å². The van der Waals surface area contributed by atoms with E-state index >= 15 is 0 Å². The molecule has 1 aliphatic rings. The van der Waals surface area contributed by atoms with Crippen LogP contribution in [0.1, 0.15) is 29.7 Å². The number of likely N-dealkylation sites (tertiary alicyclic amines) is 1. The van der Waals surface area contributed by atoms with Crippen LogP contribution in [0.15, 0.2) is 24.4 Å². The number of aromatic nitrogens is 2. The first kappa shape index (κ1) is 20.4. The number of likely N-dealkylation sites (N-methyl/N-ethyl adjacent to an activating group) is 1. The predicted molar refractivity (Wildman–Crippen MR) is 100 cm³/mol. The van der Waals surface area contributed by atoms with E-state index in [-0.39, 0.29) is 18.7 Å². The van der Waals surface area contributed by atoms with E-state index in [1.54, 1.807) is 4.68 Å². The van der Waals surface area contributed by atoms with Crippen molar-refractivity contribution in [2.75, 3.05) is 20.1 Å². The average molecular weight is 392 g/mol. The summed E-state index contributed by atoms with van der Waals surface area (Å²) in [4.78, 5) is 16.2. The van der Waals surface area contributed by atoms with Crippen molar-refractivity contribution >= 4 is 5.91 Å². The van der Waals surface area contributed by atoms with Crippen LogP contribution in [-0.4, -0.2) is 56.3 Å². The Morgan fingerprint density at radius 2 is 2.07 bits per heavy atom. The summed E-state index contributed by atoms with van der Waals surface area (Å²) in [6.07, 6.45) is 2.85. The van der Waals surface area contributed by atoms with E-state index in [1.165, 1.54) is 17.0 Å². The van der Waals surface area contributed by atoms with Gasteiger partial charge < -0.3 is 10.0 Å². The van der Waals surface area contributed by atoms with E-state index in [9.17, 15) is 18.7 Å². The molecule has 28 heavy (non-hydrogen) atoms. The van der Waals surface area contributed by atoms with Crippen molar-refractivity contribution < 1.29 is 18.7 Å². The van der Waals surface area contributed by atoms with Crippen LogP contribution in [0.4, 0.5) is 8.78 Å². The normalized spacial score (nSPS) is 20.2. The number of aliphatic hydroxyl groups is 1. The molecule has 0 radical (unpaired) electrons. The Morgan fingerprint density at radius 3 is 2.75 bits per heavy atom. The molecule has 1 amide bonds. The fraction of sp³-hybridized carbons (Fsp3) is 0.500. The lowest BCUT2D eigenvalue weighted by atomic mass is 9.90. The standard InChI is InChI=1S/C20H26F2N4O2/c1-14-16(11-25(3)23-14)10-24(2)13-20(28)8-5-9-26(19(20)27)12-15-6-4-7-17(21)18(15)22/h4,6-7,11,28H,5,8-10,12-13H2,1-3H3/t20-/m0/s1. The summed E-state index contributed by atoms with van der Waals surface area (Å²) in [7, 11) is 3.68. The van der Waals surface area contributed by atoms with Crippen LogP contribution in [-0.2, 0) is 24.9 Å². The summed E-state index contributed by atoms with van der Waals surface area (Å²) < 4.78 is 29.2. The highest BCUT2D eigenvalue weighted by atomic mass is 19.2. The molecular weight excluding hydrogens is 366 g/mol. The quantitative estimate of drug-likeness (QED) is 0.817. The van der Waals surface area contributed by atoms with Gasteiger partial charge in [-0.05, 0) is 32.9 Å². The van der Waals surface area contributed by atoms with Crippen molar-refractivity contribution in [2.24, 2.45) is 7.05 Å². The molecule has 0 bridgehead atoms. The number of carbonyl (C=O) groups excluding carboxylic acids is 1. The first-order valence-electron chi connectivity index (χ1n) is 9.32. The van der Waals surface area contributed by atoms with Gasteiger partial charge in [-0.2, -0.15) is 5.10 Å². The molecule has 1 aromatic carbocycles. The second-order valence-corrected chi connectivity index (χ2v) is 7.66. The lowest BCUT2D eigenvalue weighted by Gasteiger charge is -2.40. The lowest BCUT2D eigenvalue weighted by molar-refractivity contribution is -0.160. The minimum atomic E-state index is -1.55. The maximum absolute atomic E-state index is 14.0. The summed E-state index contributed by atoms with van der Waals surface area (Å²) in [6, 6.07) is 3.91. The number of hydrogen-bond acceptors (Lipinski definition) is 4. The summed E-state index contributed by atoms with van der Waals surface area (Å²) >= 11 is 0. The van der Waals surface area contributed by atoms with E-state index in [0.29, 0.717) is 25.9 Å². The zero-order chi connectivity index (χ0) is 20.5. The first-order valence-corrected chi connectivity index (χ1v) is 9.32. The summed E-state index contributed by atoms with van der Waals surface area (Å²) in [5, 5.41) is 15.3. The van der Waals surface area contributed by atoms with Crippen molar-refractivity contribution in [3.05, 3.63) is 52.9 Å². The molecule has 1 aliphatic heterocycles. The smallest absolute Gasteiger partial charge is 0.256 e. The minimum Gasteiger partial charge on any atom is -0.379 e. The fourth-order valence-electron chi connectivity index (χ4n) is 3.84. The number of nitrogens with zero attached hydrogens (tertiary/aromatic N) is 4. The molecule has 0 unspecified atom stereocenters. The third kappa shape index (κ3) is 4.23. The number of halogens is 2. The van der Waals surface area contributed by atoms with Crippen LogP contribution < -0.4 is 0 Å². The molecule has 152 valence electrons. The zero-order valence-corrected chi connectivity index (χ0v) is 16.5. The van der Waals surface area contributed by atoms with Gasteiger partial charge in [0, 0.05) is 50.6 Å². The van der Waals surface area contributed by atoms with Crippen molar-refractivity contribution in [3.8, 4) is 0 Å². The van der Waals surface area contributed by atoms with Gasteiger partial charge in [-0.15, -0.1) is 0 Å². The monoisotopic (exact) mass is 392 g/mol. The Morgan fingerprint density at radius 1 is 1.32 bits per heavy atom. The van der Waals surface area contributed by atoms with Gasteiger partial charge in [0.05, 0.1) is 5.69 Å². The molecule has 1 saturated heterocycles. The molecule has 8 heteroatoms. The van der Waals surface area contributed by atoms with E-state index < -0.39 is 23.1 Å². The number of rotatable bonds is 6. The van der Waals surface area contributed by atoms with Crippen molar-refractivity contribution in [1.82, 2.24) is 19.6 Å². The molecule has 0 aliphatic carbocycles. The summed E-state index contributed by atoms with van der Waals surface area (Å²) in [6.45, 7) is 2.97. The molecule has 3 rings (SSSR count). The number of amides is 1. The topological polar surface area (TPSA) is 61.6 Å². The van der Waals surface area contributed by atoms with Crippen LogP contribution in [0.25, 0.3) is 0 Å². The number of piperidine rings is 1. The summed E-state index contributed by atoms with van der Waals surface area (Å²) in [5.41, 5.74) is 0.486. The highest BCUT2D eigenvalue weighted by molar-refractivity contribution is 5.86. The molecule has 1 aromatic heterocycles. The van der Waals surface area contributed by atoms with Gasteiger partial charge >= 0.3 is 0 Å². The van der Waals surface area contributed by atoms with Crippen LogP contribution in [0, 0.1) is 18.6 Å². The summed E-state index contributed by atoms with van der Waals surface area (Å²) in [5.74, 6) is -2.34. The van der Waals surface area contributed by atoms with Crippen LogP contribution >= 0.6 is 0 Å². The van der Waals surface area contributed by atoms with E-state index in [4.69, 9.17) is 0 Å². The Labute approximate surface area is 163 Å². The molecule has 0 spiro atoms. The fourth-order valence-corrected chi connectivity index (χ4v) is 3.84. The Balaban J connectivity index is 1.69. The molecule has 2 aromatic rings. The molecular formula is C20H26F2N4O2. The van der Waals surface area contributed by atoms with Crippen molar-refractivity contribution in [1.29, 1.82) is 0 Å².